The van der Waals surface area contributed by atoms with E-state index in [-0.39, 0.29) is 21.6 Å². The van der Waals surface area contributed by atoms with Crippen LogP contribution in [0.25, 0.3) is 22.1 Å². The molecule has 0 saturated carbocycles. The van der Waals surface area contributed by atoms with Gasteiger partial charge in [0, 0.05) is 17.5 Å². The van der Waals surface area contributed by atoms with Crippen LogP contribution in [0.3, 0.4) is 0 Å². The van der Waals surface area contributed by atoms with Gasteiger partial charge in [-0.3, -0.25) is 14.8 Å². The van der Waals surface area contributed by atoms with Gasteiger partial charge < -0.3 is 8.60 Å². The van der Waals surface area contributed by atoms with Gasteiger partial charge in [-0.25, -0.2) is 13.2 Å². The number of para-hydroxylation sites is 1. The van der Waals surface area contributed by atoms with Crippen LogP contribution >= 0.6 is 0 Å². The number of nitro groups is 1. The van der Waals surface area contributed by atoms with E-state index in [1.807, 2.05) is 30.3 Å². The van der Waals surface area contributed by atoms with Crippen LogP contribution in [-0.2, 0) is 20.1 Å². The van der Waals surface area contributed by atoms with Crippen LogP contribution in [0, 0.1) is 10.1 Å². The van der Waals surface area contributed by atoms with E-state index < -0.39 is 47.0 Å². The van der Waals surface area contributed by atoms with Crippen molar-refractivity contribution in [2.45, 2.75) is 9.79 Å². The highest BCUT2D eigenvalue weighted by atomic mass is 32.2. The Kier molecular flexibility index (Phi) is 6.83. The van der Waals surface area contributed by atoms with Crippen molar-refractivity contribution >= 4 is 42.5 Å². The molecule has 0 aliphatic carbocycles. The van der Waals surface area contributed by atoms with E-state index in [4.69, 9.17) is 8.60 Å². The van der Waals surface area contributed by atoms with Crippen molar-refractivity contribution in [3.63, 3.8) is 0 Å². The summed E-state index contributed by atoms with van der Waals surface area (Å²) in [6.07, 6.45) is 0. The van der Waals surface area contributed by atoms with Crippen LogP contribution < -0.4 is 14.5 Å². The number of anilines is 1. The predicted octanol–water partition coefficient (Wildman–Crippen LogP) is 4.94. The third-order valence-electron chi connectivity index (χ3n) is 5.76. The summed E-state index contributed by atoms with van der Waals surface area (Å²) in [5.41, 5.74) is -0.519. The number of rotatable bonds is 8. The maximum absolute atomic E-state index is 13.0. The van der Waals surface area contributed by atoms with Gasteiger partial charge in [0.25, 0.3) is 15.7 Å². The molecule has 0 aliphatic rings. The van der Waals surface area contributed by atoms with Crippen molar-refractivity contribution in [1.82, 2.24) is 0 Å². The Hall–Kier alpha value is -5.01. The molecule has 1 N–H and O–H groups in total. The Morgan fingerprint density at radius 3 is 2.12 bits per heavy atom. The number of hydrogen-bond donors (Lipinski definition) is 1. The number of fused-ring (bicyclic) bond motifs is 1. The summed E-state index contributed by atoms with van der Waals surface area (Å²) in [7, 11) is -8.73. The number of non-ortho nitro benzene ring substituents is 1. The highest BCUT2D eigenvalue weighted by Gasteiger charge is 2.23. The molecule has 0 unspecified atom stereocenters. The Balaban J connectivity index is 1.44. The van der Waals surface area contributed by atoms with Crippen molar-refractivity contribution in [3.05, 3.63) is 124 Å². The Labute approximate surface area is 227 Å². The zero-order chi connectivity index (χ0) is 28.5. The normalized spacial score (nSPS) is 11.7. The van der Waals surface area contributed by atoms with Gasteiger partial charge in [0.05, 0.1) is 9.82 Å². The molecule has 13 heteroatoms. The monoisotopic (exact) mass is 578 g/mol. The number of nitro benzene ring substituents is 1. The summed E-state index contributed by atoms with van der Waals surface area (Å²) in [6, 6.07) is 24.9. The molecular weight excluding hydrogens is 560 g/mol. The first-order valence-electron chi connectivity index (χ1n) is 11.5. The molecule has 5 aromatic rings. The van der Waals surface area contributed by atoms with E-state index in [1.54, 1.807) is 12.1 Å². The summed E-state index contributed by atoms with van der Waals surface area (Å²) in [5, 5.41) is 11.2. The van der Waals surface area contributed by atoms with Crippen molar-refractivity contribution in [1.29, 1.82) is 0 Å². The highest BCUT2D eigenvalue weighted by molar-refractivity contribution is 7.92. The molecule has 40 heavy (non-hydrogen) atoms. The van der Waals surface area contributed by atoms with Crippen molar-refractivity contribution in [3.8, 4) is 16.9 Å². The summed E-state index contributed by atoms with van der Waals surface area (Å²) in [4.78, 5) is 22.4. The van der Waals surface area contributed by atoms with E-state index in [9.17, 15) is 31.7 Å². The SMILES string of the molecule is O=c1oc2c(OS(=O)(=O)c3cccc([N+](=O)[O-])c3)cccc2cc1NS(=O)(=O)c1ccc(-c2ccccc2)cc1. The Morgan fingerprint density at radius 2 is 1.43 bits per heavy atom. The fraction of sp³-hybridized carbons (Fsp3) is 0. The predicted molar refractivity (Wildman–Crippen MR) is 146 cm³/mol. The van der Waals surface area contributed by atoms with E-state index in [2.05, 4.69) is 4.72 Å². The molecule has 0 bridgehead atoms. The maximum atomic E-state index is 13.0. The van der Waals surface area contributed by atoms with E-state index >= 15 is 0 Å². The Bertz CT molecular complexity index is 2020. The molecule has 5 rings (SSSR count). The van der Waals surface area contributed by atoms with Crippen LogP contribution in [0.4, 0.5) is 11.4 Å². The number of sulfonamides is 1. The average molecular weight is 579 g/mol. The number of benzene rings is 4. The molecule has 4 aromatic carbocycles. The van der Waals surface area contributed by atoms with Gasteiger partial charge in [-0.2, -0.15) is 8.42 Å². The number of nitrogens with zero attached hydrogens (tertiary/aromatic N) is 1. The lowest BCUT2D eigenvalue weighted by atomic mass is 10.1. The molecule has 0 aliphatic heterocycles. The van der Waals surface area contributed by atoms with Crippen molar-refractivity contribution in [2.24, 2.45) is 0 Å². The van der Waals surface area contributed by atoms with Crippen LogP contribution in [-0.4, -0.2) is 21.8 Å². The summed E-state index contributed by atoms with van der Waals surface area (Å²) in [6.45, 7) is 0. The zero-order valence-corrected chi connectivity index (χ0v) is 21.9. The summed E-state index contributed by atoms with van der Waals surface area (Å²) >= 11 is 0. The average Bonchev–Trinajstić information content (AvgIpc) is 2.94. The molecule has 0 atom stereocenters. The van der Waals surface area contributed by atoms with Crippen molar-refractivity contribution in [2.75, 3.05) is 4.72 Å². The first kappa shape index (κ1) is 26.6. The van der Waals surface area contributed by atoms with Crippen LogP contribution in [0.1, 0.15) is 0 Å². The summed E-state index contributed by atoms with van der Waals surface area (Å²) in [5.74, 6) is -0.369. The molecule has 0 radical (unpaired) electrons. The van der Waals surface area contributed by atoms with E-state index in [0.29, 0.717) is 0 Å². The standard InChI is InChI=1S/C27H18N2O9S2/c30-27-24(28-39(33,34)22-14-12-19(13-15-22)18-6-2-1-3-7-18)16-20-8-4-11-25(26(20)37-27)38-40(35,36)23-10-5-9-21(17-23)29(31)32/h1-17,28H. The molecule has 0 fully saturated rings. The van der Waals surface area contributed by atoms with Gasteiger partial charge in [0.15, 0.2) is 11.3 Å². The van der Waals surface area contributed by atoms with E-state index in [1.165, 1.54) is 42.5 Å². The third-order valence-corrected chi connectivity index (χ3v) is 8.37. The maximum Gasteiger partial charge on any atom is 0.360 e. The molecule has 0 spiro atoms. The van der Waals surface area contributed by atoms with E-state index in [0.717, 1.165) is 29.3 Å². The minimum atomic E-state index is -4.55. The first-order valence-corrected chi connectivity index (χ1v) is 14.4. The van der Waals surface area contributed by atoms with Gasteiger partial charge in [0.1, 0.15) is 10.6 Å². The zero-order valence-electron chi connectivity index (χ0n) is 20.3. The third kappa shape index (κ3) is 5.41. The van der Waals surface area contributed by atoms with Crippen LogP contribution in [0.15, 0.2) is 122 Å². The molecule has 0 amide bonds. The molecule has 1 heterocycles. The van der Waals surface area contributed by atoms with Gasteiger partial charge in [-0.15, -0.1) is 0 Å². The second-order valence-corrected chi connectivity index (χ2v) is 11.6. The molecule has 0 saturated heterocycles. The lowest BCUT2D eigenvalue weighted by Crippen LogP contribution is -2.18. The quantitative estimate of drug-likeness (QED) is 0.116. The second kappa shape index (κ2) is 10.3. The second-order valence-electron chi connectivity index (χ2n) is 8.41. The number of nitrogens with one attached hydrogen (secondary N) is 1. The van der Waals surface area contributed by atoms with Gasteiger partial charge >= 0.3 is 15.7 Å². The molecular formula is C27H18N2O9S2. The van der Waals surface area contributed by atoms with Gasteiger partial charge in [0.2, 0.25) is 0 Å². The van der Waals surface area contributed by atoms with Crippen LogP contribution in [0.2, 0.25) is 0 Å². The van der Waals surface area contributed by atoms with Crippen molar-refractivity contribution < 1.29 is 30.4 Å². The minimum absolute atomic E-state index is 0.0909. The van der Waals surface area contributed by atoms with Gasteiger partial charge in [-0.1, -0.05) is 60.7 Å². The van der Waals surface area contributed by atoms with Gasteiger partial charge in [-0.05, 0) is 41.5 Å². The lowest BCUT2D eigenvalue weighted by Gasteiger charge is -2.11. The molecule has 202 valence electrons. The molecule has 1 aromatic heterocycles. The summed E-state index contributed by atoms with van der Waals surface area (Å²) < 4.78 is 64.1. The highest BCUT2D eigenvalue weighted by Crippen LogP contribution is 2.30. The number of hydrogen-bond acceptors (Lipinski definition) is 9. The molecule has 11 nitrogen and oxygen atoms in total. The lowest BCUT2D eigenvalue weighted by molar-refractivity contribution is -0.385. The fourth-order valence-electron chi connectivity index (χ4n) is 3.83. The fourth-order valence-corrected chi connectivity index (χ4v) is 5.85. The topological polar surface area (TPSA) is 163 Å². The first-order chi connectivity index (χ1) is 19.0. The van der Waals surface area contributed by atoms with Crippen LogP contribution in [0.5, 0.6) is 5.75 Å². The minimum Gasteiger partial charge on any atom is -0.417 e. The smallest absolute Gasteiger partial charge is 0.360 e. The Morgan fingerprint density at radius 1 is 0.750 bits per heavy atom. The largest absolute Gasteiger partial charge is 0.417 e.